The van der Waals surface area contributed by atoms with Gasteiger partial charge >= 0.3 is 0 Å². The van der Waals surface area contributed by atoms with E-state index in [4.69, 9.17) is 5.11 Å². The zero-order valence-electron chi connectivity index (χ0n) is 6.35. The van der Waals surface area contributed by atoms with Crippen LogP contribution < -0.4 is 5.30 Å². The van der Waals surface area contributed by atoms with Gasteiger partial charge in [-0.25, -0.2) is 0 Å². The molecule has 0 saturated carbocycles. The first-order chi connectivity index (χ1) is 5.04. The summed E-state index contributed by atoms with van der Waals surface area (Å²) in [5.74, 6) is -0.270. The van der Waals surface area contributed by atoms with Gasteiger partial charge < -0.3 is 10.2 Å². The van der Waals surface area contributed by atoms with Gasteiger partial charge in [0.2, 0.25) is 0 Å². The molecule has 0 saturated heterocycles. The molecule has 0 spiro atoms. The average molecular weight is 519 g/mol. The van der Waals surface area contributed by atoms with E-state index in [-0.39, 0.29) is 42.6 Å². The van der Waals surface area contributed by atoms with E-state index in [0.29, 0.717) is 5.56 Å². The van der Waals surface area contributed by atoms with E-state index < -0.39 is 0 Å². The van der Waals surface area contributed by atoms with Crippen LogP contribution in [0.5, 0.6) is 11.5 Å². The molecule has 0 amide bonds. The summed E-state index contributed by atoms with van der Waals surface area (Å²) in [7, 11) is 2.49. The van der Waals surface area contributed by atoms with Crippen molar-refractivity contribution in [1.82, 2.24) is 0 Å². The third-order valence-corrected chi connectivity index (χ3v) is 3.61. The Balaban J connectivity index is 0.00000121. The Bertz CT molecular complexity index is 278. The molecule has 1 rings (SSSR count). The van der Waals surface area contributed by atoms with Crippen molar-refractivity contribution in [1.29, 1.82) is 0 Å². The maximum Gasteiger partial charge on any atom is 0.0474 e. The molecule has 0 aliphatic carbocycles. The molecule has 64 valence electrons. The van der Waals surface area contributed by atoms with Crippen molar-refractivity contribution in [3.63, 3.8) is 0 Å². The SMILES string of the molecule is Cc1c(O)c(O)[c-]c(I)c1P.[U]. The van der Waals surface area contributed by atoms with Gasteiger partial charge in [-0.3, -0.25) is 0 Å². The fraction of sp³-hybridized carbons (Fsp3) is 0.143. The van der Waals surface area contributed by atoms with Crippen molar-refractivity contribution >= 4 is 37.1 Å². The number of hydrogen-bond acceptors (Lipinski definition) is 2. The number of benzene rings is 1. The van der Waals surface area contributed by atoms with E-state index >= 15 is 0 Å². The van der Waals surface area contributed by atoms with Gasteiger partial charge in [0.1, 0.15) is 0 Å². The van der Waals surface area contributed by atoms with E-state index in [2.05, 4.69) is 15.3 Å². The molecule has 12 heavy (non-hydrogen) atoms. The molecule has 1 aromatic carbocycles. The number of phenols is 2. The van der Waals surface area contributed by atoms with Gasteiger partial charge in [0.25, 0.3) is 0 Å². The average Bonchev–Trinajstić information content (AvgIpc) is 1.97. The van der Waals surface area contributed by atoms with E-state index in [9.17, 15) is 5.11 Å². The summed E-state index contributed by atoms with van der Waals surface area (Å²) >= 11 is 2.04. The molecule has 1 atom stereocenters. The fourth-order valence-electron chi connectivity index (χ4n) is 0.700. The molecule has 0 fully saturated rings. The van der Waals surface area contributed by atoms with Crippen molar-refractivity contribution in [3.05, 3.63) is 15.2 Å². The van der Waals surface area contributed by atoms with Crippen molar-refractivity contribution in [2.75, 3.05) is 0 Å². The predicted octanol–water partition coefficient (Wildman–Crippen LogP) is 1.31. The third kappa shape index (κ3) is 2.51. The van der Waals surface area contributed by atoms with Crippen molar-refractivity contribution in [2.24, 2.45) is 0 Å². The monoisotopic (exact) mass is 519 g/mol. The number of halogens is 1. The minimum atomic E-state index is -0.182. The topological polar surface area (TPSA) is 40.5 Å². The summed E-state index contributed by atoms with van der Waals surface area (Å²) in [6.07, 6.45) is 0. The standard InChI is InChI=1S/C7H7IO2P.U/c1-3-6(10)5(9)2-4(8)7(3)11;/h9-10H,11H2,1H3;/q-1;. The minimum absolute atomic E-state index is 0. The number of rotatable bonds is 0. The molecular weight excluding hydrogens is 512 g/mol. The Morgan fingerprint density at radius 1 is 1.42 bits per heavy atom. The molecule has 0 aliphatic rings. The first-order valence-corrected chi connectivity index (χ1v) is 4.58. The Kier molecular flexibility index (Phi) is 5.48. The van der Waals surface area contributed by atoms with Crippen LogP contribution in [0.3, 0.4) is 0 Å². The molecule has 2 N–H and O–H groups in total. The van der Waals surface area contributed by atoms with Gasteiger partial charge in [0, 0.05) is 42.6 Å². The second-order valence-electron chi connectivity index (χ2n) is 2.17. The van der Waals surface area contributed by atoms with E-state index in [1.54, 1.807) is 6.92 Å². The predicted molar refractivity (Wildman–Crippen MR) is 55.4 cm³/mol. The van der Waals surface area contributed by atoms with Crippen LogP contribution in [0.2, 0.25) is 0 Å². The molecule has 0 aliphatic heterocycles. The Morgan fingerprint density at radius 2 is 1.92 bits per heavy atom. The van der Waals surface area contributed by atoms with E-state index in [0.717, 1.165) is 8.87 Å². The largest absolute Gasteiger partial charge is 0.562 e. The molecule has 0 heterocycles. The van der Waals surface area contributed by atoms with Gasteiger partial charge in [0.05, 0.1) is 0 Å². The second kappa shape index (κ2) is 5.05. The first kappa shape index (κ1) is 13.0. The molecular formula is C7H7IO2PU-. The van der Waals surface area contributed by atoms with Crippen LogP contribution in [-0.2, 0) is 0 Å². The van der Waals surface area contributed by atoms with Crippen LogP contribution in [-0.4, -0.2) is 10.2 Å². The Hall–Kier alpha value is 1.03. The van der Waals surface area contributed by atoms with Crippen molar-refractivity contribution in [2.45, 2.75) is 6.92 Å². The minimum Gasteiger partial charge on any atom is -0.562 e. The zero-order chi connectivity index (χ0) is 8.59. The van der Waals surface area contributed by atoms with Gasteiger partial charge in [-0.15, -0.1) is 16.9 Å². The normalized spacial score (nSPS) is 9.25. The summed E-state index contributed by atoms with van der Waals surface area (Å²) < 4.78 is 0.806. The summed E-state index contributed by atoms with van der Waals surface area (Å²) in [6, 6.07) is 2.62. The van der Waals surface area contributed by atoms with Gasteiger partial charge in [0.15, 0.2) is 0 Å². The summed E-state index contributed by atoms with van der Waals surface area (Å²) in [6.45, 7) is 1.74. The molecule has 1 unspecified atom stereocenters. The number of aromatic hydroxyl groups is 2. The van der Waals surface area contributed by atoms with Gasteiger partial charge in [-0.2, -0.15) is 9.24 Å². The first-order valence-electron chi connectivity index (χ1n) is 2.92. The fourth-order valence-corrected chi connectivity index (χ4v) is 1.57. The van der Waals surface area contributed by atoms with Crippen LogP contribution in [0.15, 0.2) is 0 Å². The molecule has 0 bridgehead atoms. The van der Waals surface area contributed by atoms with Crippen molar-refractivity contribution < 1.29 is 41.3 Å². The maximum atomic E-state index is 9.21. The Labute approximate surface area is 111 Å². The van der Waals surface area contributed by atoms with Gasteiger partial charge in [-0.1, -0.05) is 33.1 Å². The number of hydrogen-bond donors (Lipinski definition) is 2. The van der Waals surface area contributed by atoms with Gasteiger partial charge in [-0.05, 0) is 0 Å². The molecule has 1 aromatic rings. The third-order valence-electron chi connectivity index (χ3n) is 1.45. The van der Waals surface area contributed by atoms with Crippen LogP contribution in [0.1, 0.15) is 5.56 Å². The van der Waals surface area contributed by atoms with Crippen molar-refractivity contribution in [3.8, 4) is 11.5 Å². The van der Waals surface area contributed by atoms with Crippen LogP contribution >= 0.6 is 31.8 Å². The molecule has 0 radical (unpaired) electrons. The number of phenolic OH excluding ortho intramolecular Hbond substituents is 2. The maximum absolute atomic E-state index is 9.21. The molecule has 0 aromatic heterocycles. The van der Waals surface area contributed by atoms with E-state index in [1.165, 1.54) is 0 Å². The zero-order valence-corrected chi connectivity index (χ0v) is 13.8. The summed E-state index contributed by atoms with van der Waals surface area (Å²) in [5.41, 5.74) is 0.677. The quantitative estimate of drug-likeness (QED) is 0.235. The Morgan fingerprint density at radius 3 is 2.42 bits per heavy atom. The second-order valence-corrected chi connectivity index (χ2v) is 3.83. The van der Waals surface area contributed by atoms with Crippen LogP contribution in [0.25, 0.3) is 0 Å². The molecule has 2 nitrogen and oxygen atoms in total. The van der Waals surface area contributed by atoms with Crippen LogP contribution in [0.4, 0.5) is 0 Å². The smallest absolute Gasteiger partial charge is 0.0474 e. The summed E-state index contributed by atoms with van der Waals surface area (Å²) in [5, 5.41) is 19.2. The molecule has 5 heteroatoms. The summed E-state index contributed by atoms with van der Waals surface area (Å²) in [4.78, 5) is 0. The van der Waals surface area contributed by atoms with E-state index in [1.807, 2.05) is 22.6 Å². The van der Waals surface area contributed by atoms with Crippen LogP contribution in [0, 0.1) is 47.7 Å².